The monoisotopic (exact) mass is 284 g/mol. The van der Waals surface area contributed by atoms with E-state index in [0.717, 1.165) is 0 Å². The summed E-state index contributed by atoms with van der Waals surface area (Å²) < 4.78 is 5.16. The van der Waals surface area contributed by atoms with Gasteiger partial charge in [0.25, 0.3) is 0 Å². The first kappa shape index (κ1) is 15.7. The summed E-state index contributed by atoms with van der Waals surface area (Å²) in [5, 5.41) is 11.8. The maximum absolute atomic E-state index is 11.8. The van der Waals surface area contributed by atoms with E-state index < -0.39 is 0 Å². The van der Waals surface area contributed by atoms with Crippen LogP contribution in [0.1, 0.15) is 13.3 Å². The van der Waals surface area contributed by atoms with E-state index in [2.05, 4.69) is 5.32 Å². The molecule has 0 aliphatic heterocycles. The number of nitrogens with one attached hydrogen (secondary N) is 1. The molecule has 0 heterocycles. The highest BCUT2D eigenvalue weighted by molar-refractivity contribution is 8.00. The fraction of sp³-hybridized carbons (Fsp3) is 0.462. The maximum atomic E-state index is 11.8. The van der Waals surface area contributed by atoms with Crippen molar-refractivity contribution in [3.8, 4) is 5.75 Å². The second kappa shape index (κ2) is 7.91. The van der Waals surface area contributed by atoms with Crippen LogP contribution in [0.3, 0.4) is 0 Å². The van der Waals surface area contributed by atoms with Crippen LogP contribution in [0.15, 0.2) is 18.2 Å². The predicted molar refractivity (Wildman–Crippen MR) is 79.7 cm³/mol. The molecule has 0 saturated heterocycles. The number of benzene rings is 1. The van der Waals surface area contributed by atoms with Crippen LogP contribution in [0.2, 0.25) is 0 Å². The van der Waals surface area contributed by atoms with Gasteiger partial charge in [0, 0.05) is 17.5 Å². The van der Waals surface area contributed by atoms with E-state index in [-0.39, 0.29) is 17.8 Å². The number of amides is 1. The fourth-order valence-corrected chi connectivity index (χ4v) is 2.27. The van der Waals surface area contributed by atoms with E-state index in [9.17, 15) is 4.79 Å². The Morgan fingerprint density at radius 1 is 1.58 bits per heavy atom. The van der Waals surface area contributed by atoms with Gasteiger partial charge in [-0.05, 0) is 24.6 Å². The Morgan fingerprint density at radius 2 is 2.32 bits per heavy atom. The molecule has 1 atom stereocenters. The smallest absolute Gasteiger partial charge is 0.234 e. The zero-order valence-corrected chi connectivity index (χ0v) is 12.0. The first-order valence-corrected chi connectivity index (χ1v) is 7.07. The number of nitrogens with two attached hydrogens (primary N) is 1. The number of nitrogen functional groups attached to an aromatic ring is 1. The molecule has 1 rings (SSSR count). The number of thioether (sulfide) groups is 1. The molecule has 1 aromatic carbocycles. The third kappa shape index (κ3) is 5.40. The summed E-state index contributed by atoms with van der Waals surface area (Å²) in [6.45, 7) is 2.12. The van der Waals surface area contributed by atoms with Crippen molar-refractivity contribution >= 4 is 29.0 Å². The van der Waals surface area contributed by atoms with E-state index in [1.165, 1.54) is 11.8 Å². The van der Waals surface area contributed by atoms with Gasteiger partial charge in [0.05, 0.1) is 18.6 Å². The number of anilines is 2. The molecule has 0 bridgehead atoms. The average Bonchev–Trinajstić information content (AvgIpc) is 2.37. The number of aliphatic hydroxyl groups excluding tert-OH is 1. The van der Waals surface area contributed by atoms with Crippen molar-refractivity contribution in [2.75, 3.05) is 30.5 Å². The number of carbonyl (C=O) groups excluding carboxylic acids is 1. The molecule has 0 radical (unpaired) electrons. The highest BCUT2D eigenvalue weighted by Crippen LogP contribution is 2.26. The summed E-state index contributed by atoms with van der Waals surface area (Å²) in [6.07, 6.45) is 0.680. The van der Waals surface area contributed by atoms with Crippen molar-refractivity contribution in [2.45, 2.75) is 18.6 Å². The van der Waals surface area contributed by atoms with Crippen molar-refractivity contribution < 1.29 is 14.6 Å². The lowest BCUT2D eigenvalue weighted by atomic mass is 10.2. The van der Waals surface area contributed by atoms with Crippen molar-refractivity contribution in [3.05, 3.63) is 18.2 Å². The molecule has 6 heteroatoms. The Labute approximate surface area is 117 Å². The van der Waals surface area contributed by atoms with Gasteiger partial charge in [0.15, 0.2) is 0 Å². The summed E-state index contributed by atoms with van der Waals surface area (Å²) in [6, 6.07) is 5.09. The maximum Gasteiger partial charge on any atom is 0.234 e. The lowest BCUT2D eigenvalue weighted by molar-refractivity contribution is -0.113. The first-order valence-electron chi connectivity index (χ1n) is 6.02. The first-order chi connectivity index (χ1) is 9.06. The summed E-state index contributed by atoms with van der Waals surface area (Å²) in [4.78, 5) is 11.8. The Bertz CT molecular complexity index is 426. The Balaban J connectivity index is 2.54. The Morgan fingerprint density at radius 3 is 2.95 bits per heavy atom. The highest BCUT2D eigenvalue weighted by atomic mass is 32.2. The summed E-state index contributed by atoms with van der Waals surface area (Å²) in [5.74, 6) is 0.800. The largest absolute Gasteiger partial charge is 0.495 e. The number of carbonyl (C=O) groups is 1. The molecular formula is C13H20N2O3S. The molecule has 106 valence electrons. The van der Waals surface area contributed by atoms with Crippen molar-refractivity contribution in [1.82, 2.24) is 0 Å². The van der Waals surface area contributed by atoms with Crippen LogP contribution in [-0.2, 0) is 4.79 Å². The molecule has 0 fully saturated rings. The van der Waals surface area contributed by atoms with E-state index in [4.69, 9.17) is 15.6 Å². The van der Waals surface area contributed by atoms with Gasteiger partial charge >= 0.3 is 0 Å². The van der Waals surface area contributed by atoms with Crippen molar-refractivity contribution in [3.63, 3.8) is 0 Å². The van der Waals surface area contributed by atoms with E-state index >= 15 is 0 Å². The number of hydrogen-bond acceptors (Lipinski definition) is 5. The zero-order valence-electron chi connectivity index (χ0n) is 11.2. The van der Waals surface area contributed by atoms with Crippen LogP contribution < -0.4 is 15.8 Å². The number of methoxy groups -OCH3 is 1. The molecule has 0 aliphatic carbocycles. The van der Waals surface area contributed by atoms with Gasteiger partial charge in [-0.3, -0.25) is 4.79 Å². The summed E-state index contributed by atoms with van der Waals surface area (Å²) >= 11 is 1.50. The minimum Gasteiger partial charge on any atom is -0.495 e. The Kier molecular flexibility index (Phi) is 6.52. The SMILES string of the molecule is COc1ccc(N)cc1NC(=O)CSC(C)CCO. The van der Waals surface area contributed by atoms with Crippen LogP contribution in [0.4, 0.5) is 11.4 Å². The van der Waals surface area contributed by atoms with Crippen LogP contribution in [0, 0.1) is 0 Å². The Hall–Kier alpha value is -1.40. The lowest BCUT2D eigenvalue weighted by Gasteiger charge is -2.12. The van der Waals surface area contributed by atoms with E-state index in [0.29, 0.717) is 29.3 Å². The molecule has 1 amide bonds. The zero-order chi connectivity index (χ0) is 14.3. The van der Waals surface area contributed by atoms with Gasteiger partial charge in [-0.15, -0.1) is 11.8 Å². The molecular weight excluding hydrogens is 264 g/mol. The molecule has 4 N–H and O–H groups in total. The van der Waals surface area contributed by atoms with Gasteiger partial charge in [-0.2, -0.15) is 0 Å². The third-order valence-corrected chi connectivity index (χ3v) is 3.77. The molecule has 0 saturated carbocycles. The predicted octanol–water partition coefficient (Wildman–Crippen LogP) is 1.72. The van der Waals surface area contributed by atoms with Crippen LogP contribution in [0.25, 0.3) is 0 Å². The quantitative estimate of drug-likeness (QED) is 0.664. The normalized spacial score (nSPS) is 11.9. The molecule has 5 nitrogen and oxygen atoms in total. The van der Waals surface area contributed by atoms with Crippen molar-refractivity contribution in [1.29, 1.82) is 0 Å². The number of hydrogen-bond donors (Lipinski definition) is 3. The molecule has 1 unspecified atom stereocenters. The highest BCUT2D eigenvalue weighted by Gasteiger charge is 2.10. The summed E-state index contributed by atoms with van der Waals surface area (Å²) in [7, 11) is 1.54. The van der Waals surface area contributed by atoms with Gasteiger partial charge in [-0.25, -0.2) is 0 Å². The number of aliphatic hydroxyl groups is 1. The molecule has 0 aliphatic rings. The van der Waals surface area contributed by atoms with Gasteiger partial charge in [-0.1, -0.05) is 6.92 Å². The molecule has 0 spiro atoms. The second-order valence-corrected chi connectivity index (χ2v) is 5.57. The summed E-state index contributed by atoms with van der Waals surface area (Å²) in [5.41, 5.74) is 6.82. The standard InChI is InChI=1S/C13H20N2O3S/c1-9(5-6-16)19-8-13(17)15-11-7-10(14)3-4-12(11)18-2/h3-4,7,9,16H,5-6,8,14H2,1-2H3,(H,15,17). The minimum absolute atomic E-state index is 0.112. The molecule has 0 aromatic heterocycles. The topological polar surface area (TPSA) is 84.6 Å². The second-order valence-electron chi connectivity index (χ2n) is 4.14. The van der Waals surface area contributed by atoms with Gasteiger partial charge < -0.3 is 20.9 Å². The molecule has 19 heavy (non-hydrogen) atoms. The number of rotatable bonds is 7. The fourth-order valence-electron chi connectivity index (χ4n) is 1.49. The third-order valence-electron chi connectivity index (χ3n) is 2.53. The molecule has 1 aromatic rings. The minimum atomic E-state index is -0.112. The van der Waals surface area contributed by atoms with Gasteiger partial charge in [0.1, 0.15) is 5.75 Å². The number of ether oxygens (including phenoxy) is 1. The van der Waals surface area contributed by atoms with E-state index in [1.807, 2.05) is 6.92 Å². The van der Waals surface area contributed by atoms with Crippen LogP contribution in [-0.4, -0.2) is 35.7 Å². The van der Waals surface area contributed by atoms with Crippen LogP contribution in [0.5, 0.6) is 5.75 Å². The van der Waals surface area contributed by atoms with Crippen molar-refractivity contribution in [2.24, 2.45) is 0 Å². The van der Waals surface area contributed by atoms with E-state index in [1.54, 1.807) is 25.3 Å². The average molecular weight is 284 g/mol. The van der Waals surface area contributed by atoms with Gasteiger partial charge in [0.2, 0.25) is 5.91 Å². The van der Waals surface area contributed by atoms with Crippen LogP contribution >= 0.6 is 11.8 Å². The lowest BCUT2D eigenvalue weighted by Crippen LogP contribution is -2.16.